The van der Waals surface area contributed by atoms with E-state index in [0.717, 1.165) is 0 Å². The standard InChI is InChI=1S/C15H27N5O5S/c1-6(2)9(13-11(22)10(21)12(23)15(25-13)26-3)18-14(24)8-4-7(5-17-8)19-20-16/h6-13,15,17,21-23H,4-5H2,1-3H3,(H,18,24). The lowest BCUT2D eigenvalue weighted by molar-refractivity contribution is -0.208. The van der Waals surface area contributed by atoms with Gasteiger partial charge >= 0.3 is 0 Å². The SMILES string of the molecule is CSC1OC(C(NC(=O)C2CC(N=[N+]=[N-])CN2)C(C)C)C(O)C(O)C1O. The highest BCUT2D eigenvalue weighted by Gasteiger charge is 2.47. The fourth-order valence-electron chi connectivity index (χ4n) is 3.34. The fraction of sp³-hybridized carbons (Fsp3) is 0.933. The first-order valence-corrected chi connectivity index (χ1v) is 9.89. The molecule has 2 saturated heterocycles. The van der Waals surface area contributed by atoms with Gasteiger partial charge in [0.05, 0.1) is 18.1 Å². The summed E-state index contributed by atoms with van der Waals surface area (Å²) in [5.41, 5.74) is 7.80. The number of nitrogens with one attached hydrogen (secondary N) is 2. The minimum Gasteiger partial charge on any atom is -0.388 e. The molecule has 2 rings (SSSR count). The third kappa shape index (κ3) is 4.61. The van der Waals surface area contributed by atoms with E-state index >= 15 is 0 Å². The number of hydrogen-bond donors (Lipinski definition) is 5. The molecule has 0 radical (unpaired) electrons. The molecule has 26 heavy (non-hydrogen) atoms. The molecule has 8 atom stereocenters. The number of azide groups is 1. The van der Waals surface area contributed by atoms with Crippen molar-refractivity contribution < 1.29 is 24.9 Å². The van der Waals surface area contributed by atoms with Crippen LogP contribution in [0.2, 0.25) is 0 Å². The van der Waals surface area contributed by atoms with E-state index in [1.54, 1.807) is 6.26 Å². The molecule has 2 fully saturated rings. The molecule has 11 heteroatoms. The van der Waals surface area contributed by atoms with Crippen LogP contribution in [0.1, 0.15) is 20.3 Å². The van der Waals surface area contributed by atoms with Gasteiger partial charge in [0, 0.05) is 11.5 Å². The molecular weight excluding hydrogens is 362 g/mol. The Balaban J connectivity index is 2.08. The number of aliphatic hydroxyl groups excluding tert-OH is 3. The Kier molecular flexibility index (Phi) is 7.53. The third-order valence-electron chi connectivity index (χ3n) is 4.86. The molecule has 0 aromatic rings. The van der Waals surface area contributed by atoms with Crippen LogP contribution in [0, 0.1) is 5.92 Å². The highest BCUT2D eigenvalue weighted by molar-refractivity contribution is 7.99. The summed E-state index contributed by atoms with van der Waals surface area (Å²) in [6.45, 7) is 4.17. The van der Waals surface area contributed by atoms with Crippen molar-refractivity contribution in [2.24, 2.45) is 11.0 Å². The van der Waals surface area contributed by atoms with Gasteiger partial charge in [-0.25, -0.2) is 0 Å². The summed E-state index contributed by atoms with van der Waals surface area (Å²) in [5.74, 6) is -0.366. The van der Waals surface area contributed by atoms with E-state index in [1.807, 2.05) is 13.8 Å². The number of ether oxygens (including phenoxy) is 1. The zero-order valence-corrected chi connectivity index (χ0v) is 15.8. The van der Waals surface area contributed by atoms with E-state index in [9.17, 15) is 20.1 Å². The van der Waals surface area contributed by atoms with Crippen LogP contribution in [0.5, 0.6) is 0 Å². The first-order valence-electron chi connectivity index (χ1n) is 8.60. The topological polar surface area (TPSA) is 160 Å². The number of carbonyl (C=O) groups is 1. The number of hydrogen-bond acceptors (Lipinski definition) is 8. The average Bonchev–Trinajstić information content (AvgIpc) is 3.07. The molecule has 2 aliphatic rings. The van der Waals surface area contributed by atoms with Gasteiger partial charge in [-0.3, -0.25) is 4.79 Å². The minimum absolute atomic E-state index is 0.0853. The Bertz CT molecular complexity index is 545. The van der Waals surface area contributed by atoms with E-state index in [1.165, 1.54) is 11.8 Å². The van der Waals surface area contributed by atoms with Crippen LogP contribution in [0.4, 0.5) is 0 Å². The van der Waals surface area contributed by atoms with Gasteiger partial charge < -0.3 is 30.7 Å². The van der Waals surface area contributed by atoms with Gasteiger partial charge in [-0.05, 0) is 24.1 Å². The molecule has 0 aromatic heterocycles. The van der Waals surface area contributed by atoms with E-state index in [2.05, 4.69) is 20.7 Å². The zero-order valence-electron chi connectivity index (χ0n) is 15.0. The van der Waals surface area contributed by atoms with Crippen LogP contribution in [0.15, 0.2) is 5.11 Å². The molecule has 0 aliphatic carbocycles. The quantitative estimate of drug-likeness (QED) is 0.229. The summed E-state index contributed by atoms with van der Waals surface area (Å²) in [7, 11) is 0. The van der Waals surface area contributed by atoms with Crippen LogP contribution < -0.4 is 10.6 Å². The average molecular weight is 389 g/mol. The predicted octanol–water partition coefficient (Wildman–Crippen LogP) is -0.661. The largest absolute Gasteiger partial charge is 0.388 e. The molecule has 10 nitrogen and oxygen atoms in total. The van der Waals surface area contributed by atoms with Crippen LogP contribution >= 0.6 is 11.8 Å². The highest BCUT2D eigenvalue weighted by atomic mass is 32.2. The second-order valence-corrected chi connectivity index (χ2v) is 7.95. The Morgan fingerprint density at radius 1 is 1.35 bits per heavy atom. The van der Waals surface area contributed by atoms with Gasteiger partial charge in [0.25, 0.3) is 0 Å². The smallest absolute Gasteiger partial charge is 0.237 e. The zero-order chi connectivity index (χ0) is 19.4. The van der Waals surface area contributed by atoms with E-state index in [-0.39, 0.29) is 17.9 Å². The third-order valence-corrected chi connectivity index (χ3v) is 5.71. The second kappa shape index (κ2) is 9.23. The first-order chi connectivity index (χ1) is 12.3. The minimum atomic E-state index is -1.36. The molecule has 0 aromatic carbocycles. The Morgan fingerprint density at radius 2 is 2.04 bits per heavy atom. The van der Waals surface area contributed by atoms with Gasteiger partial charge in [-0.15, -0.1) is 11.8 Å². The molecule has 1 amide bonds. The molecule has 0 spiro atoms. The molecule has 2 aliphatic heterocycles. The Hall–Kier alpha value is -1.07. The summed E-state index contributed by atoms with van der Waals surface area (Å²) in [5, 5.41) is 40.0. The molecule has 0 saturated carbocycles. The van der Waals surface area contributed by atoms with Crippen molar-refractivity contribution in [2.75, 3.05) is 12.8 Å². The number of aliphatic hydroxyl groups is 3. The maximum atomic E-state index is 12.6. The van der Waals surface area contributed by atoms with Gasteiger partial charge in [0.1, 0.15) is 29.9 Å². The van der Waals surface area contributed by atoms with Crippen molar-refractivity contribution in [1.29, 1.82) is 0 Å². The summed E-state index contributed by atoms with van der Waals surface area (Å²) >= 11 is 1.23. The second-order valence-electron chi connectivity index (χ2n) is 7.01. The van der Waals surface area contributed by atoms with Crippen molar-refractivity contribution in [3.8, 4) is 0 Å². The van der Waals surface area contributed by atoms with Crippen molar-refractivity contribution in [3.63, 3.8) is 0 Å². The summed E-state index contributed by atoms with van der Waals surface area (Å²) in [6.07, 6.45) is -2.62. The molecule has 0 bridgehead atoms. The lowest BCUT2D eigenvalue weighted by atomic mass is 9.88. The Labute approximate surface area is 156 Å². The van der Waals surface area contributed by atoms with Crippen LogP contribution in [-0.2, 0) is 9.53 Å². The van der Waals surface area contributed by atoms with Gasteiger partial charge in [0.2, 0.25) is 5.91 Å². The molecular formula is C15H27N5O5S. The van der Waals surface area contributed by atoms with Crippen LogP contribution in [0.3, 0.4) is 0 Å². The van der Waals surface area contributed by atoms with Crippen molar-refractivity contribution in [2.45, 2.75) is 68.2 Å². The van der Waals surface area contributed by atoms with E-state index in [4.69, 9.17) is 10.3 Å². The summed E-state index contributed by atoms with van der Waals surface area (Å²) in [6, 6.07) is -1.34. The van der Waals surface area contributed by atoms with Gasteiger partial charge in [-0.2, -0.15) is 0 Å². The molecule has 5 N–H and O–H groups in total. The van der Waals surface area contributed by atoms with Crippen LogP contribution in [0.25, 0.3) is 10.4 Å². The van der Waals surface area contributed by atoms with Crippen molar-refractivity contribution >= 4 is 17.7 Å². The highest BCUT2D eigenvalue weighted by Crippen LogP contribution is 2.30. The maximum Gasteiger partial charge on any atom is 0.237 e. The fourth-order valence-corrected chi connectivity index (χ4v) is 4.02. The number of thioether (sulfide) groups is 1. The lowest BCUT2D eigenvalue weighted by Gasteiger charge is -2.44. The number of amides is 1. The van der Waals surface area contributed by atoms with E-state index in [0.29, 0.717) is 13.0 Å². The van der Waals surface area contributed by atoms with Crippen molar-refractivity contribution in [3.05, 3.63) is 10.4 Å². The number of nitrogens with zero attached hydrogens (tertiary/aromatic N) is 3. The Morgan fingerprint density at radius 3 is 2.62 bits per heavy atom. The summed E-state index contributed by atoms with van der Waals surface area (Å²) in [4.78, 5) is 15.4. The maximum absolute atomic E-state index is 12.6. The lowest BCUT2D eigenvalue weighted by Crippen LogP contribution is -2.64. The monoisotopic (exact) mass is 389 g/mol. The summed E-state index contributed by atoms with van der Waals surface area (Å²) < 4.78 is 5.78. The predicted molar refractivity (Wildman–Crippen MR) is 96.3 cm³/mol. The van der Waals surface area contributed by atoms with Crippen molar-refractivity contribution in [1.82, 2.24) is 10.6 Å². The van der Waals surface area contributed by atoms with E-state index < -0.39 is 41.9 Å². The van der Waals surface area contributed by atoms with Crippen LogP contribution in [-0.4, -0.2) is 82.0 Å². The van der Waals surface area contributed by atoms with Gasteiger partial charge in [-0.1, -0.05) is 19.0 Å². The normalized spacial score (nSPS) is 38.7. The molecule has 8 unspecified atom stereocenters. The number of rotatable bonds is 6. The van der Waals surface area contributed by atoms with Gasteiger partial charge in [0.15, 0.2) is 0 Å². The number of carbonyl (C=O) groups excluding carboxylic acids is 1. The molecule has 2 heterocycles. The molecule has 148 valence electrons. The first kappa shape index (κ1) is 21.2.